The van der Waals surface area contributed by atoms with Gasteiger partial charge in [0.1, 0.15) is 0 Å². The van der Waals surface area contributed by atoms with Gasteiger partial charge in [0.05, 0.1) is 21.1 Å². The third-order valence-electron chi connectivity index (χ3n) is 2.97. The van der Waals surface area contributed by atoms with Crippen LogP contribution >= 0.6 is 0 Å². The van der Waals surface area contributed by atoms with Crippen molar-refractivity contribution in [3.63, 3.8) is 0 Å². The smallest absolute Gasteiger partial charge is 0.310 e. The van der Waals surface area contributed by atoms with Gasteiger partial charge >= 0.3 is 5.97 Å². The number of carbonyl (C=O) groups excluding carboxylic acids is 1. The quantitative estimate of drug-likeness (QED) is 0.269. The van der Waals surface area contributed by atoms with E-state index >= 15 is 0 Å². The molecule has 0 aromatic heterocycles. The highest BCUT2D eigenvalue weighted by molar-refractivity contribution is 5.69. The van der Waals surface area contributed by atoms with Crippen molar-refractivity contribution in [3.8, 4) is 0 Å². The molecule has 0 aromatic rings. The number of quaternary nitrogens is 1. The Labute approximate surface area is 107 Å². The molecule has 0 aromatic carbocycles. The first kappa shape index (κ1) is 16.4. The third kappa shape index (κ3) is 8.19. The van der Waals surface area contributed by atoms with Crippen molar-refractivity contribution < 1.29 is 14.0 Å². The fraction of sp³-hybridized carbons (Fsp3) is 0.929. The third-order valence-corrected chi connectivity index (χ3v) is 2.97. The SMILES string of the molecule is CCCCCCCC(=O)OC(CC)[N+](C)(C)C. The summed E-state index contributed by atoms with van der Waals surface area (Å²) in [5, 5.41) is 0. The Bertz CT molecular complexity index is 209. The summed E-state index contributed by atoms with van der Waals surface area (Å²) < 4.78 is 6.18. The van der Waals surface area contributed by atoms with Gasteiger partial charge in [-0.3, -0.25) is 9.28 Å². The Morgan fingerprint density at radius 1 is 1.06 bits per heavy atom. The fourth-order valence-electron chi connectivity index (χ4n) is 1.87. The first-order valence-corrected chi connectivity index (χ1v) is 6.92. The standard InChI is InChI=1S/C14H30NO2/c1-6-8-9-10-11-12-14(16)17-13(7-2)15(3,4)5/h13H,6-12H2,1-5H3/q+1. The van der Waals surface area contributed by atoms with Crippen LogP contribution < -0.4 is 0 Å². The van der Waals surface area contributed by atoms with Gasteiger partial charge in [0, 0.05) is 12.8 Å². The van der Waals surface area contributed by atoms with Crippen LogP contribution in [0.1, 0.15) is 58.8 Å². The maximum absolute atomic E-state index is 11.7. The zero-order chi connectivity index (χ0) is 13.3. The van der Waals surface area contributed by atoms with Crippen LogP contribution in [0.3, 0.4) is 0 Å². The monoisotopic (exact) mass is 244 g/mol. The number of ether oxygens (including phenoxy) is 1. The highest BCUT2D eigenvalue weighted by atomic mass is 16.6. The molecule has 0 spiro atoms. The number of hydrogen-bond acceptors (Lipinski definition) is 2. The van der Waals surface area contributed by atoms with Crippen molar-refractivity contribution in [2.45, 2.75) is 65.0 Å². The van der Waals surface area contributed by atoms with E-state index in [9.17, 15) is 4.79 Å². The molecule has 17 heavy (non-hydrogen) atoms. The maximum atomic E-state index is 11.7. The summed E-state index contributed by atoms with van der Waals surface area (Å²) in [5.74, 6) is -0.0404. The Balaban J connectivity index is 3.77. The van der Waals surface area contributed by atoms with E-state index in [4.69, 9.17) is 4.74 Å². The minimum absolute atomic E-state index is 0.0156. The molecular formula is C14H30NO2+. The average Bonchev–Trinajstić information content (AvgIpc) is 2.24. The van der Waals surface area contributed by atoms with E-state index < -0.39 is 0 Å². The molecule has 0 bridgehead atoms. The van der Waals surface area contributed by atoms with Gasteiger partial charge in [0.25, 0.3) is 0 Å². The number of esters is 1. The van der Waals surface area contributed by atoms with E-state index in [1.165, 1.54) is 19.3 Å². The lowest BCUT2D eigenvalue weighted by Gasteiger charge is -2.32. The Hall–Kier alpha value is -0.570. The van der Waals surface area contributed by atoms with Crippen LogP contribution in [0.5, 0.6) is 0 Å². The molecular weight excluding hydrogens is 214 g/mol. The molecule has 0 aliphatic rings. The minimum atomic E-state index is -0.0404. The zero-order valence-electron chi connectivity index (χ0n) is 12.3. The van der Waals surface area contributed by atoms with Gasteiger partial charge in [-0.1, -0.05) is 39.5 Å². The van der Waals surface area contributed by atoms with Crippen LogP contribution in [0.15, 0.2) is 0 Å². The predicted molar refractivity (Wildman–Crippen MR) is 71.6 cm³/mol. The zero-order valence-corrected chi connectivity index (χ0v) is 12.3. The summed E-state index contributed by atoms with van der Waals surface area (Å²) in [6, 6.07) is 0. The van der Waals surface area contributed by atoms with Gasteiger partial charge in [-0.05, 0) is 6.42 Å². The summed E-state index contributed by atoms with van der Waals surface area (Å²) in [6.07, 6.45) is 7.27. The van der Waals surface area contributed by atoms with Crippen molar-refractivity contribution >= 4 is 5.97 Å². The summed E-state index contributed by atoms with van der Waals surface area (Å²) in [7, 11) is 6.17. The summed E-state index contributed by atoms with van der Waals surface area (Å²) in [4.78, 5) is 11.7. The Morgan fingerprint density at radius 2 is 1.65 bits per heavy atom. The number of unbranched alkanes of at least 4 members (excludes halogenated alkanes) is 4. The van der Waals surface area contributed by atoms with E-state index in [1.54, 1.807) is 0 Å². The van der Waals surface area contributed by atoms with Gasteiger partial charge in [-0.15, -0.1) is 0 Å². The van der Waals surface area contributed by atoms with E-state index in [1.807, 2.05) is 0 Å². The van der Waals surface area contributed by atoms with Crippen LogP contribution in [-0.4, -0.2) is 37.8 Å². The van der Waals surface area contributed by atoms with Crippen molar-refractivity contribution in [1.82, 2.24) is 0 Å². The van der Waals surface area contributed by atoms with E-state index in [0.717, 1.165) is 19.3 Å². The second-order valence-corrected chi connectivity index (χ2v) is 5.63. The molecule has 0 saturated heterocycles. The molecule has 0 radical (unpaired) electrons. The lowest BCUT2D eigenvalue weighted by atomic mass is 10.1. The molecule has 0 N–H and O–H groups in total. The molecule has 0 fully saturated rings. The number of rotatable bonds is 9. The second kappa shape index (κ2) is 8.51. The molecule has 0 saturated carbocycles. The molecule has 102 valence electrons. The van der Waals surface area contributed by atoms with E-state index in [0.29, 0.717) is 10.9 Å². The van der Waals surface area contributed by atoms with E-state index in [-0.39, 0.29) is 12.2 Å². The first-order chi connectivity index (χ1) is 7.91. The van der Waals surface area contributed by atoms with Crippen molar-refractivity contribution in [3.05, 3.63) is 0 Å². The maximum Gasteiger partial charge on any atom is 0.310 e. The van der Waals surface area contributed by atoms with Gasteiger partial charge in [-0.2, -0.15) is 0 Å². The van der Waals surface area contributed by atoms with Crippen LogP contribution in [0.4, 0.5) is 0 Å². The van der Waals surface area contributed by atoms with Crippen LogP contribution in [-0.2, 0) is 9.53 Å². The summed E-state index contributed by atoms with van der Waals surface area (Å²) in [6.45, 7) is 4.25. The molecule has 0 heterocycles. The Morgan fingerprint density at radius 3 is 2.12 bits per heavy atom. The lowest BCUT2D eigenvalue weighted by molar-refractivity contribution is -0.917. The molecule has 0 rings (SSSR count). The van der Waals surface area contributed by atoms with Crippen LogP contribution in [0.2, 0.25) is 0 Å². The molecule has 0 aliphatic carbocycles. The highest BCUT2D eigenvalue weighted by Gasteiger charge is 2.25. The molecule has 1 unspecified atom stereocenters. The molecule has 0 aliphatic heterocycles. The summed E-state index contributed by atoms with van der Waals surface area (Å²) in [5.41, 5.74) is 0. The topological polar surface area (TPSA) is 26.3 Å². The molecule has 3 heteroatoms. The second-order valence-electron chi connectivity index (χ2n) is 5.63. The van der Waals surface area contributed by atoms with Gasteiger partial charge in [0.15, 0.2) is 0 Å². The normalized spacial score (nSPS) is 13.5. The van der Waals surface area contributed by atoms with Gasteiger partial charge in [-0.25, -0.2) is 0 Å². The number of hydrogen-bond donors (Lipinski definition) is 0. The number of nitrogens with zero attached hydrogens (tertiary/aromatic N) is 1. The fourth-order valence-corrected chi connectivity index (χ4v) is 1.87. The first-order valence-electron chi connectivity index (χ1n) is 6.92. The van der Waals surface area contributed by atoms with Gasteiger partial charge in [0.2, 0.25) is 6.23 Å². The Kier molecular flexibility index (Phi) is 8.23. The number of carbonyl (C=O) groups is 1. The minimum Gasteiger partial charge on any atom is -0.412 e. The highest BCUT2D eigenvalue weighted by Crippen LogP contribution is 2.12. The van der Waals surface area contributed by atoms with Gasteiger partial charge < -0.3 is 4.74 Å². The average molecular weight is 244 g/mol. The van der Waals surface area contributed by atoms with Crippen molar-refractivity contribution in [2.24, 2.45) is 0 Å². The summed E-state index contributed by atoms with van der Waals surface area (Å²) >= 11 is 0. The van der Waals surface area contributed by atoms with E-state index in [2.05, 4.69) is 35.0 Å². The van der Waals surface area contributed by atoms with Crippen molar-refractivity contribution in [2.75, 3.05) is 21.1 Å². The van der Waals surface area contributed by atoms with Crippen LogP contribution in [0.25, 0.3) is 0 Å². The molecule has 3 nitrogen and oxygen atoms in total. The predicted octanol–water partition coefficient (Wildman–Crippen LogP) is 3.33. The van der Waals surface area contributed by atoms with Crippen molar-refractivity contribution in [1.29, 1.82) is 0 Å². The molecule has 1 atom stereocenters. The molecule has 0 amide bonds. The lowest BCUT2D eigenvalue weighted by Crippen LogP contribution is -2.47. The largest absolute Gasteiger partial charge is 0.412 e. The van der Waals surface area contributed by atoms with Crippen LogP contribution in [0, 0.1) is 0 Å².